The van der Waals surface area contributed by atoms with Gasteiger partial charge in [0.05, 0.1) is 21.6 Å². The third kappa shape index (κ3) is 7.42. The van der Waals surface area contributed by atoms with Gasteiger partial charge in [-0.1, -0.05) is 42.1 Å². The fraction of sp³-hybridized carbons (Fsp3) is 0.483. The van der Waals surface area contributed by atoms with Gasteiger partial charge in [-0.3, -0.25) is 14.6 Å². The Morgan fingerprint density at radius 1 is 1.16 bits per heavy atom. The highest BCUT2D eigenvalue weighted by Crippen LogP contribution is 2.43. The molecule has 1 amide bonds. The van der Waals surface area contributed by atoms with Crippen LogP contribution in [0.3, 0.4) is 0 Å². The van der Waals surface area contributed by atoms with Crippen molar-refractivity contribution in [1.82, 2.24) is 4.90 Å². The van der Waals surface area contributed by atoms with E-state index in [-0.39, 0.29) is 23.7 Å². The summed E-state index contributed by atoms with van der Waals surface area (Å²) < 4.78 is 6.25. The van der Waals surface area contributed by atoms with Crippen molar-refractivity contribution in [1.29, 1.82) is 0 Å². The largest absolute Gasteiger partial charge is 0.506 e. The first-order chi connectivity index (χ1) is 18.4. The Morgan fingerprint density at radius 2 is 1.89 bits per heavy atom. The number of rotatable bonds is 10. The number of nitrogens with zero attached hydrogens (tertiary/aromatic N) is 2. The summed E-state index contributed by atoms with van der Waals surface area (Å²) in [6.07, 6.45) is 5.62. The Labute approximate surface area is 245 Å². The van der Waals surface area contributed by atoms with Crippen LogP contribution in [0.2, 0.25) is 0 Å². The van der Waals surface area contributed by atoms with Crippen LogP contribution >= 0.6 is 43.6 Å². The first-order valence-corrected chi connectivity index (χ1v) is 15.8. The minimum Gasteiger partial charge on any atom is -0.506 e. The minimum absolute atomic E-state index is 0.0311. The fourth-order valence-electron chi connectivity index (χ4n) is 5.10. The van der Waals surface area contributed by atoms with Gasteiger partial charge < -0.3 is 14.7 Å². The Kier molecular flexibility index (Phi) is 10.7. The average Bonchev–Trinajstić information content (AvgIpc) is 3.41. The monoisotopic (exact) mass is 664 g/mol. The maximum Gasteiger partial charge on any atom is 0.305 e. The molecule has 4 rings (SSSR count). The number of thioether (sulfide) groups is 1. The molecular formula is C29H34Br2N2O4S. The Hall–Kier alpha value is -1.84. The molecule has 2 aliphatic heterocycles. The highest BCUT2D eigenvalue weighted by atomic mass is 79.9. The summed E-state index contributed by atoms with van der Waals surface area (Å²) in [6, 6.07) is 12.3. The molecule has 1 N–H and O–H groups in total. The van der Waals surface area contributed by atoms with Gasteiger partial charge in [0.25, 0.3) is 5.91 Å². The van der Waals surface area contributed by atoms with E-state index in [1.54, 1.807) is 6.92 Å². The van der Waals surface area contributed by atoms with Crippen LogP contribution in [0.1, 0.15) is 61.8 Å². The zero-order valence-corrected chi connectivity index (χ0v) is 25.6. The fourth-order valence-corrected chi connectivity index (χ4v) is 7.47. The summed E-state index contributed by atoms with van der Waals surface area (Å²) >= 11 is 8.55. The number of ether oxygens (including phenoxy) is 1. The second kappa shape index (κ2) is 14.0. The molecule has 0 aliphatic carbocycles. The molecule has 2 aromatic rings. The van der Waals surface area contributed by atoms with Crippen molar-refractivity contribution in [2.75, 3.05) is 25.4 Å². The quantitative estimate of drug-likeness (QED) is 0.222. The molecular weight excluding hydrogens is 632 g/mol. The topological polar surface area (TPSA) is 79.2 Å². The second-order valence-corrected chi connectivity index (χ2v) is 12.4. The number of esters is 1. The van der Waals surface area contributed by atoms with Crippen LogP contribution in [-0.4, -0.2) is 52.4 Å². The number of phenols is 1. The number of carbonyl (C=O) groups excluding carboxylic acids is 2. The van der Waals surface area contributed by atoms with Crippen LogP contribution in [0.5, 0.6) is 5.75 Å². The van der Waals surface area contributed by atoms with Crippen molar-refractivity contribution < 1.29 is 19.4 Å². The molecule has 1 fully saturated rings. The molecule has 1 unspecified atom stereocenters. The van der Waals surface area contributed by atoms with Crippen molar-refractivity contribution in [3.05, 3.63) is 62.0 Å². The summed E-state index contributed by atoms with van der Waals surface area (Å²) in [5.41, 5.74) is 3.33. The molecule has 1 atom stereocenters. The van der Waals surface area contributed by atoms with Crippen LogP contribution in [-0.2, 0) is 27.2 Å². The standard InChI is InChI=1S/C29H34Br2N2O4S/c1-2-37-25(34)11-7-6-10-21-22(17-23(30)27(35)26(21)31)24-18-38-28(32-24)29(36)33-14-12-20(13-15-33)16-19-8-4-3-5-9-19/h3-5,8-9,17,20,24,35H,2,6-7,10-16,18H2,1H3. The second-order valence-electron chi connectivity index (χ2n) is 9.79. The number of unbranched alkanes of at least 4 members (excludes halogenated alkanes) is 1. The Morgan fingerprint density at radius 3 is 2.61 bits per heavy atom. The van der Waals surface area contributed by atoms with Gasteiger partial charge in [-0.2, -0.15) is 0 Å². The summed E-state index contributed by atoms with van der Waals surface area (Å²) in [5, 5.41) is 11.1. The van der Waals surface area contributed by atoms with Crippen LogP contribution in [0.25, 0.3) is 0 Å². The van der Waals surface area contributed by atoms with E-state index in [2.05, 4.69) is 56.1 Å². The number of phenolic OH excluding ortho intramolecular Hbond substituents is 1. The van der Waals surface area contributed by atoms with E-state index in [0.717, 1.165) is 49.9 Å². The third-order valence-electron chi connectivity index (χ3n) is 7.15. The van der Waals surface area contributed by atoms with Crippen LogP contribution < -0.4 is 0 Å². The molecule has 0 radical (unpaired) electrons. The molecule has 1 saturated heterocycles. The molecule has 0 bridgehead atoms. The Bertz CT molecular complexity index is 1170. The summed E-state index contributed by atoms with van der Waals surface area (Å²) in [5.74, 6) is 1.28. The number of amides is 1. The number of benzene rings is 2. The van der Waals surface area contributed by atoms with Crippen molar-refractivity contribution >= 4 is 60.5 Å². The molecule has 2 heterocycles. The highest BCUT2D eigenvalue weighted by Gasteiger charge is 2.32. The molecule has 0 saturated carbocycles. The van der Waals surface area contributed by atoms with Gasteiger partial charge in [0.2, 0.25) is 0 Å². The highest BCUT2D eigenvalue weighted by molar-refractivity contribution is 9.11. The molecule has 0 aromatic heterocycles. The van der Waals surface area contributed by atoms with Crippen LogP contribution in [0.15, 0.2) is 50.3 Å². The number of likely N-dealkylation sites (tertiary alicyclic amines) is 1. The molecule has 6 nitrogen and oxygen atoms in total. The molecule has 0 spiro atoms. The SMILES string of the molecule is CCOC(=O)CCCCc1c(C2CSC(C(=O)N3CCC(Cc4ccccc4)CC3)=N2)cc(Br)c(O)c1Br. The minimum atomic E-state index is -0.186. The third-order valence-corrected chi connectivity index (χ3v) is 9.65. The lowest BCUT2D eigenvalue weighted by Gasteiger charge is -2.32. The number of aromatic hydroxyl groups is 1. The average molecular weight is 666 g/mol. The van der Waals surface area contributed by atoms with Crippen molar-refractivity contribution in [3.8, 4) is 5.75 Å². The van der Waals surface area contributed by atoms with Gasteiger partial charge >= 0.3 is 5.97 Å². The van der Waals surface area contributed by atoms with E-state index in [1.807, 2.05) is 17.0 Å². The summed E-state index contributed by atoms with van der Waals surface area (Å²) in [7, 11) is 0. The smallest absolute Gasteiger partial charge is 0.305 e. The van der Waals surface area contributed by atoms with E-state index >= 15 is 0 Å². The lowest BCUT2D eigenvalue weighted by Crippen LogP contribution is -2.41. The summed E-state index contributed by atoms with van der Waals surface area (Å²) in [4.78, 5) is 31.8. The number of aliphatic imine (C=N–C) groups is 1. The first kappa shape index (κ1) is 29.2. The van der Waals surface area contributed by atoms with E-state index in [4.69, 9.17) is 9.73 Å². The van der Waals surface area contributed by atoms with Crippen molar-refractivity contribution in [2.45, 2.75) is 57.9 Å². The number of carbonyl (C=O) groups is 2. The normalized spacial score (nSPS) is 17.9. The van der Waals surface area contributed by atoms with Gasteiger partial charge in [-0.05, 0) is 106 Å². The van der Waals surface area contributed by atoms with Gasteiger partial charge in [-0.15, -0.1) is 0 Å². The zero-order chi connectivity index (χ0) is 27.1. The first-order valence-electron chi connectivity index (χ1n) is 13.3. The number of piperidine rings is 1. The predicted molar refractivity (Wildman–Crippen MR) is 160 cm³/mol. The predicted octanol–water partition coefficient (Wildman–Crippen LogP) is 6.86. The molecule has 2 aromatic carbocycles. The van der Waals surface area contributed by atoms with Gasteiger partial charge in [0, 0.05) is 25.3 Å². The van der Waals surface area contributed by atoms with Crippen LogP contribution in [0, 0.1) is 5.92 Å². The van der Waals surface area contributed by atoms with Gasteiger partial charge in [0.1, 0.15) is 5.75 Å². The van der Waals surface area contributed by atoms with Crippen molar-refractivity contribution in [2.24, 2.45) is 10.9 Å². The summed E-state index contributed by atoms with van der Waals surface area (Å²) in [6.45, 7) is 3.73. The van der Waals surface area contributed by atoms with E-state index in [0.29, 0.717) is 51.5 Å². The molecule has 204 valence electrons. The number of halogens is 2. The Balaban J connectivity index is 1.39. The zero-order valence-electron chi connectivity index (χ0n) is 21.6. The van der Waals surface area contributed by atoms with E-state index in [9.17, 15) is 14.7 Å². The van der Waals surface area contributed by atoms with Crippen molar-refractivity contribution in [3.63, 3.8) is 0 Å². The van der Waals surface area contributed by atoms with Gasteiger partial charge in [-0.25, -0.2) is 0 Å². The lowest BCUT2D eigenvalue weighted by atomic mass is 9.90. The number of hydrogen-bond acceptors (Lipinski definition) is 6. The lowest BCUT2D eigenvalue weighted by molar-refractivity contribution is -0.143. The molecule has 38 heavy (non-hydrogen) atoms. The number of hydrogen-bond donors (Lipinski definition) is 1. The molecule has 9 heteroatoms. The molecule has 2 aliphatic rings. The maximum absolute atomic E-state index is 13.3. The maximum atomic E-state index is 13.3. The van der Waals surface area contributed by atoms with Crippen LogP contribution in [0.4, 0.5) is 0 Å². The van der Waals surface area contributed by atoms with E-state index < -0.39 is 0 Å². The van der Waals surface area contributed by atoms with E-state index in [1.165, 1.54) is 17.3 Å². The van der Waals surface area contributed by atoms with Gasteiger partial charge in [0.15, 0.2) is 5.04 Å².